The Morgan fingerprint density at radius 2 is 1.76 bits per heavy atom. The number of benzene rings is 2. The molecule has 2 aromatic carbocycles. The summed E-state index contributed by atoms with van der Waals surface area (Å²) >= 11 is 0. The zero-order valence-corrected chi connectivity index (χ0v) is 20.9. The molecule has 0 unspecified atom stereocenters. The molecule has 0 heterocycles. The van der Waals surface area contributed by atoms with Crippen LogP contribution >= 0.6 is 0 Å². The maximum absolute atomic E-state index is 14.4. The van der Waals surface area contributed by atoms with Crippen LogP contribution in [0.1, 0.15) is 32.1 Å². The second kappa shape index (κ2) is 14.3. The molecule has 0 radical (unpaired) electrons. The molecule has 0 spiro atoms. The van der Waals surface area contributed by atoms with E-state index in [2.05, 4.69) is 10.3 Å². The first-order valence-electron chi connectivity index (χ1n) is 11.8. The Hall–Kier alpha value is -4.45. The molecule has 12 heteroatoms. The first-order chi connectivity index (χ1) is 18.0. The van der Waals surface area contributed by atoms with Crippen molar-refractivity contribution >= 4 is 29.5 Å². The second-order valence-electron chi connectivity index (χ2n) is 8.39. The second-order valence-corrected chi connectivity index (χ2v) is 8.39. The molecule has 0 saturated carbocycles. The molecule has 9 N–H and O–H groups in total. The first-order valence-corrected chi connectivity index (χ1v) is 11.8. The number of nitrogens with one attached hydrogen (secondary N) is 1. The number of nitrogens with two attached hydrogens (primary N) is 3. The third kappa shape index (κ3) is 8.89. The number of aliphatic carboxylic acids is 2. The van der Waals surface area contributed by atoms with Gasteiger partial charge in [0.15, 0.2) is 5.96 Å². The fraction of sp³-hybridized carbons (Fsp3) is 0.308. The van der Waals surface area contributed by atoms with E-state index in [0.717, 1.165) is 5.56 Å². The average Bonchev–Trinajstić information content (AvgIpc) is 3.38. The number of carboxylic acid groups (broad SMARTS) is 2. The maximum Gasteiger partial charge on any atom is 0.332 e. The van der Waals surface area contributed by atoms with Gasteiger partial charge in [-0.25, -0.2) is 9.18 Å². The van der Waals surface area contributed by atoms with Crippen molar-refractivity contribution < 1.29 is 33.7 Å². The van der Waals surface area contributed by atoms with E-state index in [1.54, 1.807) is 25.3 Å². The van der Waals surface area contributed by atoms with Gasteiger partial charge >= 0.3 is 11.9 Å². The molecule has 0 saturated heterocycles. The van der Waals surface area contributed by atoms with Crippen LogP contribution in [0.25, 0.3) is 11.1 Å². The molecule has 0 aliphatic heterocycles. The van der Waals surface area contributed by atoms with Gasteiger partial charge in [0.1, 0.15) is 17.6 Å². The predicted molar refractivity (Wildman–Crippen MR) is 141 cm³/mol. The van der Waals surface area contributed by atoms with Gasteiger partial charge in [-0.05, 0) is 67.5 Å². The molecule has 1 aliphatic carbocycles. The zero-order chi connectivity index (χ0) is 28.2. The highest BCUT2D eigenvalue weighted by molar-refractivity contribution is 6.09. The highest BCUT2D eigenvalue weighted by Gasteiger charge is 2.25. The molecular weight excluding hydrogens is 497 g/mol. The van der Waals surface area contributed by atoms with Crippen molar-refractivity contribution in [2.24, 2.45) is 22.2 Å². The lowest BCUT2D eigenvalue weighted by atomic mass is 10.0. The summed E-state index contributed by atoms with van der Waals surface area (Å²) < 4.78 is 19.6. The monoisotopic (exact) mass is 529 g/mol. The molecule has 3 rings (SSSR count). The lowest BCUT2D eigenvalue weighted by Gasteiger charge is -2.10. The normalized spacial score (nSPS) is 13.1. The molecule has 38 heavy (non-hydrogen) atoms. The van der Waals surface area contributed by atoms with Gasteiger partial charge in [-0.15, -0.1) is 0 Å². The predicted octanol–water partition coefficient (Wildman–Crippen LogP) is 2.46. The summed E-state index contributed by atoms with van der Waals surface area (Å²) in [6.45, 7) is 0.420. The van der Waals surface area contributed by atoms with Crippen LogP contribution in [0.4, 0.5) is 10.1 Å². The van der Waals surface area contributed by atoms with Crippen molar-refractivity contribution in [3.8, 4) is 16.9 Å². The number of halogens is 1. The first kappa shape index (κ1) is 29.8. The van der Waals surface area contributed by atoms with E-state index in [9.17, 15) is 18.8 Å². The van der Waals surface area contributed by atoms with E-state index in [1.807, 2.05) is 12.1 Å². The molecule has 11 nitrogen and oxygen atoms in total. The zero-order valence-electron chi connectivity index (χ0n) is 20.9. The van der Waals surface area contributed by atoms with Crippen molar-refractivity contribution in [3.05, 3.63) is 59.4 Å². The summed E-state index contributed by atoms with van der Waals surface area (Å²) in [5, 5.41) is 20.0. The summed E-state index contributed by atoms with van der Waals surface area (Å²) in [6.07, 6.45) is 2.31. The van der Waals surface area contributed by atoms with Crippen molar-refractivity contribution in [1.29, 1.82) is 0 Å². The van der Waals surface area contributed by atoms with Gasteiger partial charge in [-0.3, -0.25) is 14.6 Å². The lowest BCUT2D eigenvalue weighted by molar-refractivity contribution is -0.138. The van der Waals surface area contributed by atoms with Gasteiger partial charge in [0.2, 0.25) is 0 Å². The van der Waals surface area contributed by atoms with Crippen molar-refractivity contribution in [2.75, 3.05) is 19.0 Å². The maximum atomic E-state index is 14.4. The van der Waals surface area contributed by atoms with Gasteiger partial charge in [-0.2, -0.15) is 0 Å². The van der Waals surface area contributed by atoms with E-state index in [1.165, 1.54) is 12.1 Å². The Labute approximate surface area is 219 Å². The standard InChI is InChI=1S/C20H18FNO4.C6H14N4O2/c1-26-14-5-2-4-12(10-14)13-8-9-18(17(21)11-13)22-19(23)15-6-3-7-16(15)20(24)25;7-4(5(11)12)2-1-3-10-6(8)9/h2,4-5,8-11H,3,6-7H2,1H3,(H,22,23)(H,24,25);4H,1-3,7H2,(H,11,12)(H4,8,9,10)/t;4-/m.0/s1. The minimum absolute atomic E-state index is 0.0129. The number of guanidine groups is 1. The Balaban J connectivity index is 0.000000358. The largest absolute Gasteiger partial charge is 0.497 e. The molecule has 1 aliphatic rings. The number of carboxylic acids is 2. The number of ether oxygens (including phenoxy) is 1. The topological polar surface area (TPSA) is 203 Å². The number of carbonyl (C=O) groups excluding carboxylic acids is 1. The molecule has 1 amide bonds. The molecule has 0 bridgehead atoms. The third-order valence-corrected chi connectivity index (χ3v) is 5.66. The number of methoxy groups -OCH3 is 1. The van der Waals surface area contributed by atoms with Crippen LogP contribution in [0.2, 0.25) is 0 Å². The fourth-order valence-electron chi connectivity index (χ4n) is 3.67. The van der Waals surface area contributed by atoms with Crippen LogP contribution in [-0.4, -0.2) is 53.7 Å². The number of amides is 1. The highest BCUT2D eigenvalue weighted by atomic mass is 19.1. The highest BCUT2D eigenvalue weighted by Crippen LogP contribution is 2.30. The van der Waals surface area contributed by atoms with Crippen LogP contribution in [0.15, 0.2) is 58.6 Å². The van der Waals surface area contributed by atoms with E-state index >= 15 is 0 Å². The number of rotatable bonds is 10. The summed E-state index contributed by atoms with van der Waals surface area (Å²) in [5.41, 5.74) is 17.1. The summed E-state index contributed by atoms with van der Waals surface area (Å²) in [4.78, 5) is 37.4. The van der Waals surface area contributed by atoms with E-state index in [4.69, 9.17) is 32.2 Å². The molecule has 1 atom stereocenters. The van der Waals surface area contributed by atoms with Gasteiger partial charge in [-0.1, -0.05) is 18.2 Å². The van der Waals surface area contributed by atoms with E-state index in [0.29, 0.717) is 50.0 Å². The Kier molecular flexibility index (Phi) is 11.2. The molecule has 0 fully saturated rings. The Bertz CT molecular complexity index is 1230. The van der Waals surface area contributed by atoms with E-state index < -0.39 is 29.7 Å². The summed E-state index contributed by atoms with van der Waals surface area (Å²) in [6, 6.07) is 10.9. The Morgan fingerprint density at radius 3 is 2.37 bits per heavy atom. The SMILES string of the molecule is COc1cccc(-c2ccc(NC(=O)C3=C(C(=O)O)CCC3)c(F)c2)c1.NC(N)=NCCC[C@H](N)C(=O)O. The third-order valence-electron chi connectivity index (χ3n) is 5.66. The van der Waals surface area contributed by atoms with Crippen molar-refractivity contribution in [3.63, 3.8) is 0 Å². The number of hydrogen-bond acceptors (Lipinski definition) is 6. The fourth-order valence-corrected chi connectivity index (χ4v) is 3.67. The Morgan fingerprint density at radius 1 is 1.08 bits per heavy atom. The molecule has 2 aromatic rings. The van der Waals surface area contributed by atoms with Crippen LogP contribution in [0.5, 0.6) is 5.75 Å². The molecule has 0 aromatic heterocycles. The number of hydrogen-bond donors (Lipinski definition) is 6. The van der Waals surface area contributed by atoms with Crippen molar-refractivity contribution in [1.82, 2.24) is 0 Å². The molecular formula is C26H32FN5O6. The van der Waals surface area contributed by atoms with Gasteiger partial charge in [0.05, 0.1) is 12.8 Å². The van der Waals surface area contributed by atoms with Crippen LogP contribution < -0.4 is 27.3 Å². The minimum Gasteiger partial charge on any atom is -0.497 e. The van der Waals surface area contributed by atoms with Crippen molar-refractivity contribution in [2.45, 2.75) is 38.1 Å². The van der Waals surface area contributed by atoms with Gasteiger partial charge < -0.3 is 37.5 Å². The lowest BCUT2D eigenvalue weighted by Crippen LogP contribution is -2.30. The summed E-state index contributed by atoms with van der Waals surface area (Å²) in [7, 11) is 1.56. The average molecular weight is 530 g/mol. The van der Waals surface area contributed by atoms with E-state index in [-0.39, 0.29) is 22.8 Å². The van der Waals surface area contributed by atoms with Crippen LogP contribution in [0.3, 0.4) is 0 Å². The minimum atomic E-state index is -1.10. The quantitative estimate of drug-likeness (QED) is 0.152. The van der Waals surface area contributed by atoms with Gasteiger partial charge in [0.25, 0.3) is 5.91 Å². The number of nitrogens with zero attached hydrogens (tertiary/aromatic N) is 1. The number of aliphatic imine (C=N–C) groups is 1. The smallest absolute Gasteiger partial charge is 0.332 e. The van der Waals surface area contributed by atoms with Crippen LogP contribution in [-0.2, 0) is 14.4 Å². The summed E-state index contributed by atoms with van der Waals surface area (Å²) in [5.74, 6) is -2.57. The van der Waals surface area contributed by atoms with Crippen LogP contribution in [0, 0.1) is 5.82 Å². The number of carbonyl (C=O) groups is 3. The number of anilines is 1. The molecule has 204 valence electrons. The van der Waals surface area contributed by atoms with Gasteiger partial charge in [0, 0.05) is 17.7 Å².